The molecule has 0 aromatic carbocycles. The highest BCUT2D eigenvalue weighted by Crippen LogP contribution is 2.22. The molecule has 0 bridgehead atoms. The molecule has 0 radical (unpaired) electrons. The maximum atomic E-state index is 5.78. The van der Waals surface area contributed by atoms with E-state index in [-0.39, 0.29) is 5.41 Å². The van der Waals surface area contributed by atoms with Gasteiger partial charge in [0.05, 0.1) is 4.99 Å². The smallest absolute Gasteiger partial charge is 0.0784 e. The fourth-order valence-electron chi connectivity index (χ4n) is 2.35. The highest BCUT2D eigenvalue weighted by Gasteiger charge is 2.20. The van der Waals surface area contributed by atoms with Gasteiger partial charge in [0.1, 0.15) is 0 Å². The van der Waals surface area contributed by atoms with Gasteiger partial charge >= 0.3 is 0 Å². The van der Waals surface area contributed by atoms with Crippen molar-refractivity contribution in [1.29, 1.82) is 0 Å². The maximum absolute atomic E-state index is 5.78. The van der Waals surface area contributed by atoms with E-state index in [9.17, 15) is 0 Å². The second-order valence-electron chi connectivity index (χ2n) is 6.17. The zero-order valence-electron chi connectivity index (χ0n) is 14.2. The number of hydrogen-bond donors (Lipinski definition) is 1. The number of nitrogens with two attached hydrogens (primary N) is 1. The Morgan fingerprint density at radius 2 is 1.35 bits per heavy atom. The van der Waals surface area contributed by atoms with Crippen molar-refractivity contribution in [2.24, 2.45) is 11.1 Å². The molecule has 0 saturated carbocycles. The Hall–Kier alpha value is -0.190. The number of rotatable bonds is 12. The molecule has 0 aromatic heterocycles. The van der Waals surface area contributed by atoms with Crippen LogP contribution in [-0.2, 0) is 0 Å². The zero-order chi connectivity index (χ0) is 15.6. The first-order valence-electron chi connectivity index (χ1n) is 8.12. The van der Waals surface area contributed by atoms with Crippen molar-refractivity contribution < 1.29 is 0 Å². The second kappa shape index (κ2) is 10.5. The highest BCUT2D eigenvalue weighted by molar-refractivity contribution is 7.80. The van der Waals surface area contributed by atoms with Gasteiger partial charge in [0.25, 0.3) is 0 Å². The molecule has 0 unspecified atom stereocenters. The van der Waals surface area contributed by atoms with E-state index in [1.807, 2.05) is 0 Å². The van der Waals surface area contributed by atoms with Gasteiger partial charge < -0.3 is 15.5 Å². The van der Waals surface area contributed by atoms with E-state index in [4.69, 9.17) is 18.0 Å². The third-order valence-electron chi connectivity index (χ3n) is 4.23. The summed E-state index contributed by atoms with van der Waals surface area (Å²) in [5, 5.41) is 0. The van der Waals surface area contributed by atoms with Crippen molar-refractivity contribution in [3.63, 3.8) is 0 Å². The average Bonchev–Trinajstić information content (AvgIpc) is 2.41. The van der Waals surface area contributed by atoms with Gasteiger partial charge in [-0.3, -0.25) is 0 Å². The molecule has 120 valence electrons. The monoisotopic (exact) mass is 301 g/mol. The van der Waals surface area contributed by atoms with Crippen molar-refractivity contribution in [2.45, 2.75) is 53.9 Å². The predicted octanol–water partition coefficient (Wildman–Crippen LogP) is 3.13. The minimum Gasteiger partial charge on any atom is -0.393 e. The number of thiocarbonyl (C=S) groups is 1. The molecular weight excluding hydrogens is 266 g/mol. The Kier molecular flexibility index (Phi) is 10.4. The van der Waals surface area contributed by atoms with Gasteiger partial charge in [0.15, 0.2) is 0 Å². The van der Waals surface area contributed by atoms with Crippen molar-refractivity contribution in [3.8, 4) is 0 Å². The summed E-state index contributed by atoms with van der Waals surface area (Å²) in [6.07, 6.45) is 3.51. The molecule has 0 amide bonds. The summed E-state index contributed by atoms with van der Waals surface area (Å²) in [7, 11) is 0. The van der Waals surface area contributed by atoms with Gasteiger partial charge in [-0.05, 0) is 58.5 Å². The first-order chi connectivity index (χ1) is 9.37. The normalized spacial score (nSPS) is 12.3. The number of nitrogens with zero attached hydrogens (tertiary/aromatic N) is 2. The van der Waals surface area contributed by atoms with Gasteiger partial charge in [0, 0.05) is 5.41 Å². The van der Waals surface area contributed by atoms with Crippen LogP contribution in [0.4, 0.5) is 0 Å². The molecular formula is C16H35N3S. The Labute approximate surface area is 131 Å². The molecule has 0 aliphatic carbocycles. The van der Waals surface area contributed by atoms with Crippen LogP contribution >= 0.6 is 12.2 Å². The third kappa shape index (κ3) is 8.18. The van der Waals surface area contributed by atoms with Crippen molar-refractivity contribution in [2.75, 3.05) is 39.3 Å². The van der Waals surface area contributed by atoms with E-state index in [2.05, 4.69) is 44.4 Å². The lowest BCUT2D eigenvalue weighted by Crippen LogP contribution is -2.33. The molecule has 3 nitrogen and oxygen atoms in total. The van der Waals surface area contributed by atoms with Crippen LogP contribution in [0.15, 0.2) is 0 Å². The molecule has 0 rings (SSSR count). The maximum Gasteiger partial charge on any atom is 0.0784 e. The quantitative estimate of drug-likeness (QED) is 0.561. The predicted molar refractivity (Wildman–Crippen MR) is 94.3 cm³/mol. The minimum absolute atomic E-state index is 0.00400. The standard InChI is InChI=1S/C16H35N3S/c1-6-18(7-2)13-10-14-19(8-3)12-9-11-16(4,5)15(17)20/h6-14H2,1-5H3,(H2,17,20). The van der Waals surface area contributed by atoms with Crippen LogP contribution in [0.5, 0.6) is 0 Å². The topological polar surface area (TPSA) is 32.5 Å². The molecule has 20 heavy (non-hydrogen) atoms. The van der Waals surface area contributed by atoms with Crippen LogP contribution in [0.3, 0.4) is 0 Å². The van der Waals surface area contributed by atoms with E-state index in [1.54, 1.807) is 0 Å². The fraction of sp³-hybridized carbons (Fsp3) is 0.938. The summed E-state index contributed by atoms with van der Waals surface area (Å²) in [5.74, 6) is 0. The van der Waals surface area contributed by atoms with Gasteiger partial charge in [-0.25, -0.2) is 0 Å². The van der Waals surface area contributed by atoms with Gasteiger partial charge in [-0.15, -0.1) is 0 Å². The largest absolute Gasteiger partial charge is 0.393 e. The second-order valence-corrected chi connectivity index (χ2v) is 6.61. The summed E-state index contributed by atoms with van der Waals surface area (Å²) in [6.45, 7) is 18.0. The molecule has 2 N–H and O–H groups in total. The van der Waals surface area contributed by atoms with E-state index in [1.165, 1.54) is 25.9 Å². The van der Waals surface area contributed by atoms with E-state index in [0.717, 1.165) is 32.6 Å². The first-order valence-corrected chi connectivity index (χ1v) is 8.52. The molecule has 0 saturated heterocycles. The molecule has 0 aliphatic rings. The molecule has 0 aliphatic heterocycles. The lowest BCUT2D eigenvalue weighted by Gasteiger charge is -2.26. The van der Waals surface area contributed by atoms with Gasteiger partial charge in [-0.2, -0.15) is 0 Å². The molecule has 0 fully saturated rings. The summed E-state index contributed by atoms with van der Waals surface area (Å²) < 4.78 is 0. The molecule has 0 aromatic rings. The minimum atomic E-state index is -0.00400. The third-order valence-corrected chi connectivity index (χ3v) is 4.79. The molecule has 4 heteroatoms. The van der Waals surface area contributed by atoms with Crippen LogP contribution in [0.2, 0.25) is 0 Å². The Balaban J connectivity index is 3.90. The van der Waals surface area contributed by atoms with E-state index < -0.39 is 0 Å². The lowest BCUT2D eigenvalue weighted by atomic mass is 9.88. The van der Waals surface area contributed by atoms with E-state index >= 15 is 0 Å². The van der Waals surface area contributed by atoms with Gasteiger partial charge in [-0.1, -0.05) is 46.8 Å². The van der Waals surface area contributed by atoms with Gasteiger partial charge in [0.2, 0.25) is 0 Å². The van der Waals surface area contributed by atoms with Crippen molar-refractivity contribution in [3.05, 3.63) is 0 Å². The highest BCUT2D eigenvalue weighted by atomic mass is 32.1. The number of hydrogen-bond acceptors (Lipinski definition) is 3. The van der Waals surface area contributed by atoms with Crippen LogP contribution in [0.25, 0.3) is 0 Å². The van der Waals surface area contributed by atoms with Crippen LogP contribution < -0.4 is 5.73 Å². The van der Waals surface area contributed by atoms with Crippen LogP contribution in [-0.4, -0.2) is 54.1 Å². The summed E-state index contributed by atoms with van der Waals surface area (Å²) >= 11 is 5.12. The lowest BCUT2D eigenvalue weighted by molar-refractivity contribution is 0.235. The van der Waals surface area contributed by atoms with Crippen LogP contribution in [0.1, 0.15) is 53.9 Å². The molecule has 0 heterocycles. The molecule has 0 spiro atoms. The SMILES string of the molecule is CCN(CC)CCCN(CC)CCCC(C)(C)C(N)=S. The first kappa shape index (κ1) is 19.8. The van der Waals surface area contributed by atoms with Crippen molar-refractivity contribution in [1.82, 2.24) is 9.80 Å². The Bertz CT molecular complexity index is 262. The zero-order valence-corrected chi connectivity index (χ0v) is 15.1. The Morgan fingerprint density at radius 3 is 1.80 bits per heavy atom. The summed E-state index contributed by atoms with van der Waals surface area (Å²) in [6, 6.07) is 0. The molecule has 0 atom stereocenters. The van der Waals surface area contributed by atoms with Crippen molar-refractivity contribution >= 4 is 17.2 Å². The summed E-state index contributed by atoms with van der Waals surface area (Å²) in [5.41, 5.74) is 5.77. The fourth-order valence-corrected chi connectivity index (χ4v) is 2.46. The van der Waals surface area contributed by atoms with E-state index in [0.29, 0.717) is 4.99 Å². The Morgan fingerprint density at radius 1 is 0.900 bits per heavy atom. The summed E-state index contributed by atoms with van der Waals surface area (Å²) in [4.78, 5) is 5.67. The van der Waals surface area contributed by atoms with Crippen LogP contribution in [0, 0.1) is 5.41 Å². The average molecular weight is 302 g/mol.